The number of hydrogen-bond donors (Lipinski definition) is 2. The molecule has 2 aliphatic heterocycles. The third kappa shape index (κ3) is 4.43. The van der Waals surface area contributed by atoms with Crippen LogP contribution in [0.1, 0.15) is 29.0 Å². The number of carbonyl (C=O) groups is 1. The third-order valence-corrected chi connectivity index (χ3v) is 5.08. The van der Waals surface area contributed by atoms with Crippen molar-refractivity contribution < 1.29 is 31.1 Å². The molecule has 4 rings (SSSR count). The van der Waals surface area contributed by atoms with Gasteiger partial charge < -0.3 is 15.5 Å². The summed E-state index contributed by atoms with van der Waals surface area (Å²) < 4.78 is 81.7. The monoisotopic (exact) mass is 466 g/mol. The van der Waals surface area contributed by atoms with Crippen LogP contribution in [0.25, 0.3) is 0 Å². The highest BCUT2D eigenvalue weighted by Gasteiger charge is 2.45. The third-order valence-electron chi connectivity index (χ3n) is 5.08. The number of nitrogens with zero attached hydrogens (tertiary/aromatic N) is 2. The number of pyridine rings is 1. The van der Waals surface area contributed by atoms with E-state index < -0.39 is 41.7 Å². The van der Waals surface area contributed by atoms with Crippen LogP contribution in [0.4, 0.5) is 26.3 Å². The highest BCUT2D eigenvalue weighted by atomic mass is 19.4. The molecule has 0 fully saturated rings. The molecule has 1 aromatic heterocycles. The second-order valence-electron chi connectivity index (χ2n) is 7.20. The van der Waals surface area contributed by atoms with E-state index in [0.29, 0.717) is 0 Å². The second-order valence-corrected chi connectivity index (χ2v) is 7.20. The average molecular weight is 466 g/mol. The first-order valence-electron chi connectivity index (χ1n) is 9.66. The minimum atomic E-state index is -4.85. The van der Waals surface area contributed by atoms with Gasteiger partial charge in [-0.25, -0.2) is 0 Å². The molecule has 3 heterocycles. The predicted octanol–water partition coefficient (Wildman–Crippen LogP) is 4.72. The van der Waals surface area contributed by atoms with Crippen LogP contribution in [0.15, 0.2) is 84.5 Å². The predicted molar refractivity (Wildman–Crippen MR) is 106 cm³/mol. The summed E-state index contributed by atoms with van der Waals surface area (Å²) in [4.78, 5) is 18.0. The van der Waals surface area contributed by atoms with Crippen molar-refractivity contribution in [1.82, 2.24) is 20.5 Å². The summed E-state index contributed by atoms with van der Waals surface area (Å²) in [5, 5.41) is 4.58. The van der Waals surface area contributed by atoms with E-state index in [9.17, 15) is 31.1 Å². The normalized spacial score (nSPS) is 18.7. The van der Waals surface area contributed by atoms with Crippen LogP contribution in [-0.4, -0.2) is 22.0 Å². The largest absolute Gasteiger partial charge is 0.416 e. The molecule has 2 N–H and O–H groups in total. The molecule has 0 aliphatic carbocycles. The number of carbonyl (C=O) groups excluding carboxylic acids is 1. The molecule has 0 spiro atoms. The number of benzene rings is 1. The van der Waals surface area contributed by atoms with E-state index >= 15 is 0 Å². The van der Waals surface area contributed by atoms with E-state index in [2.05, 4.69) is 10.3 Å². The maximum Gasteiger partial charge on any atom is 0.416 e. The molecule has 11 heteroatoms. The quantitative estimate of drug-likeness (QED) is 0.641. The van der Waals surface area contributed by atoms with E-state index in [0.717, 1.165) is 18.3 Å². The molecule has 5 nitrogen and oxygen atoms in total. The van der Waals surface area contributed by atoms with Crippen LogP contribution in [0, 0.1) is 0 Å². The molecule has 1 amide bonds. The van der Waals surface area contributed by atoms with Gasteiger partial charge in [-0.1, -0.05) is 30.3 Å². The Hall–Kier alpha value is -3.76. The van der Waals surface area contributed by atoms with Crippen molar-refractivity contribution in [1.29, 1.82) is 0 Å². The maximum absolute atomic E-state index is 13.7. The topological polar surface area (TPSA) is 57.3 Å². The van der Waals surface area contributed by atoms with Gasteiger partial charge in [0.2, 0.25) is 0 Å². The lowest BCUT2D eigenvalue weighted by atomic mass is 10.0. The Morgan fingerprint density at radius 3 is 2.42 bits per heavy atom. The Morgan fingerprint density at radius 2 is 1.76 bits per heavy atom. The Morgan fingerprint density at radius 1 is 1.03 bits per heavy atom. The molecular formula is C22H16F6N4O. The Bertz CT molecular complexity index is 1140. The molecule has 2 aromatic rings. The number of hydrogen-bond acceptors (Lipinski definition) is 4. The fourth-order valence-corrected chi connectivity index (χ4v) is 3.65. The Kier molecular flexibility index (Phi) is 5.64. The lowest BCUT2D eigenvalue weighted by Crippen LogP contribution is -2.41. The smallest absolute Gasteiger partial charge is 0.355 e. The van der Waals surface area contributed by atoms with Crippen LogP contribution >= 0.6 is 0 Å². The molecule has 2 unspecified atom stereocenters. The van der Waals surface area contributed by atoms with Crippen LogP contribution in [0.5, 0.6) is 0 Å². The van der Waals surface area contributed by atoms with Crippen LogP contribution in [-0.2, 0) is 11.0 Å². The molecule has 0 saturated carbocycles. The van der Waals surface area contributed by atoms with Crippen LogP contribution in [0.3, 0.4) is 0 Å². The highest BCUT2D eigenvalue weighted by Crippen LogP contribution is 2.40. The number of rotatable bonds is 4. The van der Waals surface area contributed by atoms with Crippen LogP contribution in [0.2, 0.25) is 0 Å². The molecular weight excluding hydrogens is 450 g/mol. The average Bonchev–Trinajstić information content (AvgIpc) is 3.16. The SMILES string of the molecule is O=C(NC(c1ccccn1)C(F)(F)F)C1=C2C=CC=CN2C(c2ccccc2C(F)(F)F)N1. The molecule has 1 aromatic carbocycles. The van der Waals surface area contributed by atoms with Gasteiger partial charge in [-0.2, -0.15) is 26.3 Å². The molecule has 2 aliphatic rings. The summed E-state index contributed by atoms with van der Waals surface area (Å²) in [6.07, 6.45) is -3.56. The number of aromatic nitrogens is 1. The van der Waals surface area contributed by atoms with Gasteiger partial charge in [0.25, 0.3) is 5.91 Å². The number of alkyl halides is 6. The zero-order valence-electron chi connectivity index (χ0n) is 16.7. The van der Waals surface area contributed by atoms with Crippen molar-refractivity contribution in [2.75, 3.05) is 0 Å². The van der Waals surface area contributed by atoms with Crippen LogP contribution < -0.4 is 10.6 Å². The number of halogens is 6. The molecule has 0 radical (unpaired) electrons. The van der Waals surface area contributed by atoms with E-state index in [1.807, 2.05) is 5.32 Å². The van der Waals surface area contributed by atoms with Gasteiger partial charge in [-0.15, -0.1) is 0 Å². The molecule has 33 heavy (non-hydrogen) atoms. The van der Waals surface area contributed by atoms with Gasteiger partial charge in [0, 0.05) is 18.0 Å². The van der Waals surface area contributed by atoms with Crippen molar-refractivity contribution >= 4 is 5.91 Å². The molecule has 2 atom stereocenters. The standard InChI is InChI=1S/C22H16F6N4O/c23-21(24,25)14-8-2-1-7-13(14)19-30-17(16-10-4-6-12-32(16)19)20(33)31-18(22(26,27)28)15-9-3-5-11-29-15/h1-12,18-19,30H,(H,31,33). The first-order valence-corrected chi connectivity index (χ1v) is 9.66. The highest BCUT2D eigenvalue weighted by molar-refractivity contribution is 5.95. The van der Waals surface area contributed by atoms with Gasteiger partial charge in [0.15, 0.2) is 6.04 Å². The fourth-order valence-electron chi connectivity index (χ4n) is 3.65. The van der Waals surface area contributed by atoms with E-state index in [1.54, 1.807) is 6.08 Å². The number of allylic oxidation sites excluding steroid dienone is 3. The first kappa shape index (κ1) is 22.4. The number of amides is 1. The summed E-state index contributed by atoms with van der Waals surface area (Å²) in [5.41, 5.74) is -1.67. The number of fused-ring (bicyclic) bond motifs is 1. The summed E-state index contributed by atoms with van der Waals surface area (Å²) in [6.45, 7) is 0. The maximum atomic E-state index is 13.7. The van der Waals surface area contributed by atoms with Crippen molar-refractivity contribution in [3.05, 3.63) is 101 Å². The van der Waals surface area contributed by atoms with Gasteiger partial charge in [-0.05, 0) is 30.4 Å². The summed E-state index contributed by atoms with van der Waals surface area (Å²) >= 11 is 0. The first-order chi connectivity index (χ1) is 15.6. The van der Waals surface area contributed by atoms with Crippen molar-refractivity contribution in [3.63, 3.8) is 0 Å². The van der Waals surface area contributed by atoms with Gasteiger partial charge in [0.05, 0.1) is 17.0 Å². The van der Waals surface area contributed by atoms with Gasteiger partial charge in [0.1, 0.15) is 11.9 Å². The number of nitrogens with one attached hydrogen (secondary N) is 2. The minimum absolute atomic E-state index is 0.138. The zero-order valence-corrected chi connectivity index (χ0v) is 16.7. The lowest BCUT2D eigenvalue weighted by molar-refractivity contribution is -0.163. The molecule has 0 saturated heterocycles. The summed E-state index contributed by atoms with van der Waals surface area (Å²) in [5.74, 6) is -1.13. The van der Waals surface area contributed by atoms with Crippen molar-refractivity contribution in [2.45, 2.75) is 24.6 Å². The molecule has 0 bridgehead atoms. The lowest BCUT2D eigenvalue weighted by Gasteiger charge is -2.28. The van der Waals surface area contributed by atoms with E-state index in [-0.39, 0.29) is 17.0 Å². The zero-order chi connectivity index (χ0) is 23.8. The minimum Gasteiger partial charge on any atom is -0.355 e. The fraction of sp³-hybridized carbons (Fsp3) is 0.182. The Labute approximate surface area is 184 Å². The second kappa shape index (κ2) is 8.30. The summed E-state index contributed by atoms with van der Waals surface area (Å²) in [7, 11) is 0. The van der Waals surface area contributed by atoms with Crippen molar-refractivity contribution in [2.24, 2.45) is 0 Å². The Balaban J connectivity index is 1.68. The van der Waals surface area contributed by atoms with E-state index in [1.165, 1.54) is 53.6 Å². The molecule has 172 valence electrons. The van der Waals surface area contributed by atoms with Crippen molar-refractivity contribution in [3.8, 4) is 0 Å². The summed E-state index contributed by atoms with van der Waals surface area (Å²) in [6, 6.07) is 6.29. The van der Waals surface area contributed by atoms with Gasteiger partial charge in [-0.3, -0.25) is 9.78 Å². The van der Waals surface area contributed by atoms with E-state index in [4.69, 9.17) is 0 Å². The van der Waals surface area contributed by atoms with Gasteiger partial charge >= 0.3 is 12.4 Å².